The quantitative estimate of drug-likeness (QED) is 0.876. The average Bonchev–Trinajstić information content (AvgIpc) is 3.06. The second-order valence-electron chi connectivity index (χ2n) is 6.37. The van der Waals surface area contributed by atoms with Crippen LogP contribution in [-0.4, -0.2) is 29.0 Å². The van der Waals surface area contributed by atoms with Gasteiger partial charge in [-0.25, -0.2) is 4.79 Å². The number of hydrogen-bond acceptors (Lipinski definition) is 4. The van der Waals surface area contributed by atoms with E-state index in [1.807, 2.05) is 31.2 Å². The molecule has 1 aliphatic carbocycles. The van der Waals surface area contributed by atoms with Gasteiger partial charge < -0.3 is 10.1 Å². The molecule has 0 spiro atoms. The molecule has 24 heavy (non-hydrogen) atoms. The monoisotopic (exact) mass is 326 g/mol. The van der Waals surface area contributed by atoms with Gasteiger partial charge in [0.1, 0.15) is 0 Å². The molecule has 1 N–H and O–H groups in total. The number of carbonyl (C=O) groups is 2. The van der Waals surface area contributed by atoms with Crippen LogP contribution in [0.3, 0.4) is 0 Å². The average molecular weight is 326 g/mol. The molecule has 0 bridgehead atoms. The van der Waals surface area contributed by atoms with Crippen molar-refractivity contribution < 1.29 is 14.3 Å². The summed E-state index contributed by atoms with van der Waals surface area (Å²) in [5.41, 5.74) is 1.93. The molecule has 126 valence electrons. The lowest BCUT2D eigenvalue weighted by molar-refractivity contribution is -0.129. The van der Waals surface area contributed by atoms with Crippen molar-refractivity contribution in [3.63, 3.8) is 0 Å². The molecule has 0 saturated heterocycles. The van der Waals surface area contributed by atoms with E-state index in [0.29, 0.717) is 5.56 Å². The summed E-state index contributed by atoms with van der Waals surface area (Å²) in [5, 5.41) is 3.69. The molecule has 2 aromatic rings. The Morgan fingerprint density at radius 3 is 2.71 bits per heavy atom. The molecule has 5 heteroatoms. The van der Waals surface area contributed by atoms with Gasteiger partial charge in [-0.05, 0) is 38.8 Å². The van der Waals surface area contributed by atoms with Crippen molar-refractivity contribution in [1.29, 1.82) is 0 Å². The van der Waals surface area contributed by atoms with Crippen molar-refractivity contribution in [1.82, 2.24) is 10.3 Å². The smallest absolute Gasteiger partial charge is 0.339 e. The van der Waals surface area contributed by atoms with Gasteiger partial charge in [0.25, 0.3) is 5.91 Å². The molecular formula is C19H22N2O3. The molecule has 1 heterocycles. The first-order valence-corrected chi connectivity index (χ1v) is 8.42. The number of rotatable bonds is 4. The van der Waals surface area contributed by atoms with Crippen LogP contribution >= 0.6 is 0 Å². The van der Waals surface area contributed by atoms with Crippen molar-refractivity contribution in [2.75, 3.05) is 0 Å². The Hall–Kier alpha value is -2.43. The van der Waals surface area contributed by atoms with Crippen LogP contribution in [0, 0.1) is 6.92 Å². The number of nitrogens with zero attached hydrogens (tertiary/aromatic N) is 1. The molecule has 3 rings (SSSR count). The predicted octanol–water partition coefficient (Wildman–Crippen LogP) is 3.15. The highest BCUT2D eigenvalue weighted by Gasteiger charge is 2.24. The van der Waals surface area contributed by atoms with Gasteiger partial charge in [-0.3, -0.25) is 9.78 Å². The Bertz CT molecular complexity index is 766. The molecule has 1 aliphatic rings. The SMILES string of the molecule is Cc1cc(C(=O)O[C@H](C)C(=O)NC2CCCC2)c2ccccc2n1. The molecule has 0 unspecified atom stereocenters. The van der Waals surface area contributed by atoms with Gasteiger partial charge in [-0.2, -0.15) is 0 Å². The summed E-state index contributed by atoms with van der Waals surface area (Å²) in [7, 11) is 0. The molecule has 1 aromatic heterocycles. The number of amides is 1. The van der Waals surface area contributed by atoms with Crippen LogP contribution in [0.2, 0.25) is 0 Å². The zero-order valence-electron chi connectivity index (χ0n) is 14.0. The summed E-state index contributed by atoms with van der Waals surface area (Å²) in [5.74, 6) is -0.726. The van der Waals surface area contributed by atoms with Crippen LogP contribution in [0.5, 0.6) is 0 Å². The fourth-order valence-electron chi connectivity index (χ4n) is 3.14. The number of aromatic nitrogens is 1. The fourth-order valence-corrected chi connectivity index (χ4v) is 3.14. The van der Waals surface area contributed by atoms with E-state index >= 15 is 0 Å². The van der Waals surface area contributed by atoms with E-state index in [1.54, 1.807) is 13.0 Å². The summed E-state index contributed by atoms with van der Waals surface area (Å²) in [4.78, 5) is 29.1. The minimum atomic E-state index is -0.815. The minimum Gasteiger partial charge on any atom is -0.449 e. The Balaban J connectivity index is 1.73. The van der Waals surface area contributed by atoms with Gasteiger partial charge in [0, 0.05) is 17.1 Å². The summed E-state index contributed by atoms with van der Waals surface area (Å²) in [6, 6.07) is 9.33. The zero-order chi connectivity index (χ0) is 17.1. The van der Waals surface area contributed by atoms with Gasteiger partial charge >= 0.3 is 5.97 Å². The number of fused-ring (bicyclic) bond motifs is 1. The molecule has 1 amide bonds. The van der Waals surface area contributed by atoms with E-state index < -0.39 is 12.1 Å². The van der Waals surface area contributed by atoms with Crippen molar-refractivity contribution in [2.24, 2.45) is 0 Å². The zero-order valence-corrected chi connectivity index (χ0v) is 14.0. The normalized spacial score (nSPS) is 16.1. The summed E-state index contributed by atoms with van der Waals surface area (Å²) in [6.07, 6.45) is 3.47. The highest BCUT2D eigenvalue weighted by atomic mass is 16.5. The third kappa shape index (κ3) is 3.55. The van der Waals surface area contributed by atoms with E-state index in [2.05, 4.69) is 10.3 Å². The van der Waals surface area contributed by atoms with E-state index in [1.165, 1.54) is 0 Å². The number of benzene rings is 1. The lowest BCUT2D eigenvalue weighted by atomic mass is 10.1. The molecule has 0 aliphatic heterocycles. The fraction of sp³-hybridized carbons (Fsp3) is 0.421. The lowest BCUT2D eigenvalue weighted by Crippen LogP contribution is -2.40. The summed E-state index contributed by atoms with van der Waals surface area (Å²) < 4.78 is 5.39. The maximum absolute atomic E-state index is 12.5. The number of para-hydroxylation sites is 1. The number of hydrogen-bond donors (Lipinski definition) is 1. The van der Waals surface area contributed by atoms with Crippen LogP contribution in [0.15, 0.2) is 30.3 Å². The second kappa shape index (κ2) is 6.99. The number of ether oxygens (including phenoxy) is 1. The molecule has 5 nitrogen and oxygen atoms in total. The van der Waals surface area contributed by atoms with Gasteiger partial charge in [0.2, 0.25) is 0 Å². The minimum absolute atomic E-state index is 0.211. The van der Waals surface area contributed by atoms with Crippen LogP contribution in [0.1, 0.15) is 48.7 Å². The van der Waals surface area contributed by atoms with Crippen molar-refractivity contribution in [3.8, 4) is 0 Å². The Labute approximate surface area is 141 Å². The highest BCUT2D eigenvalue weighted by Crippen LogP contribution is 2.20. The first kappa shape index (κ1) is 16.4. The van der Waals surface area contributed by atoms with Crippen LogP contribution in [0.25, 0.3) is 10.9 Å². The van der Waals surface area contributed by atoms with E-state index in [-0.39, 0.29) is 11.9 Å². The highest BCUT2D eigenvalue weighted by molar-refractivity contribution is 6.04. The summed E-state index contributed by atoms with van der Waals surface area (Å²) >= 11 is 0. The Kier molecular flexibility index (Phi) is 4.79. The largest absolute Gasteiger partial charge is 0.449 e. The molecular weight excluding hydrogens is 304 g/mol. The number of carbonyl (C=O) groups excluding carboxylic acids is 2. The van der Waals surface area contributed by atoms with Gasteiger partial charge in [0.05, 0.1) is 11.1 Å². The standard InChI is InChI=1S/C19H22N2O3/c1-12-11-16(15-9-5-6-10-17(15)20-12)19(23)24-13(2)18(22)21-14-7-3-4-8-14/h5-6,9-11,13-14H,3-4,7-8H2,1-2H3,(H,21,22)/t13-/m1/s1. The topological polar surface area (TPSA) is 68.3 Å². The van der Waals surface area contributed by atoms with Crippen LogP contribution in [-0.2, 0) is 9.53 Å². The molecule has 1 saturated carbocycles. The van der Waals surface area contributed by atoms with Gasteiger partial charge in [0.15, 0.2) is 6.10 Å². The van der Waals surface area contributed by atoms with Crippen LogP contribution in [0.4, 0.5) is 0 Å². The number of pyridine rings is 1. The first-order valence-electron chi connectivity index (χ1n) is 8.42. The van der Waals surface area contributed by atoms with E-state index in [0.717, 1.165) is 42.3 Å². The maximum Gasteiger partial charge on any atom is 0.339 e. The maximum atomic E-state index is 12.5. The Morgan fingerprint density at radius 2 is 1.96 bits per heavy atom. The molecule has 0 radical (unpaired) electrons. The van der Waals surface area contributed by atoms with Gasteiger partial charge in [-0.15, -0.1) is 0 Å². The Morgan fingerprint density at radius 1 is 1.25 bits per heavy atom. The van der Waals surface area contributed by atoms with E-state index in [9.17, 15) is 9.59 Å². The molecule has 1 aromatic carbocycles. The van der Waals surface area contributed by atoms with E-state index in [4.69, 9.17) is 4.74 Å². The van der Waals surface area contributed by atoms with Crippen molar-refractivity contribution >= 4 is 22.8 Å². The molecule has 1 fully saturated rings. The number of aryl methyl sites for hydroxylation is 1. The number of nitrogens with one attached hydrogen (secondary N) is 1. The first-order chi connectivity index (χ1) is 11.5. The van der Waals surface area contributed by atoms with Gasteiger partial charge in [-0.1, -0.05) is 31.0 Å². The lowest BCUT2D eigenvalue weighted by Gasteiger charge is -2.17. The predicted molar refractivity (Wildman–Crippen MR) is 91.8 cm³/mol. The van der Waals surface area contributed by atoms with Crippen LogP contribution < -0.4 is 5.32 Å². The molecule has 1 atom stereocenters. The number of esters is 1. The van der Waals surface area contributed by atoms with Crippen molar-refractivity contribution in [3.05, 3.63) is 41.6 Å². The van der Waals surface area contributed by atoms with Crippen molar-refractivity contribution in [2.45, 2.75) is 51.7 Å². The third-order valence-corrected chi connectivity index (χ3v) is 4.42. The third-order valence-electron chi connectivity index (χ3n) is 4.42. The summed E-state index contributed by atoms with van der Waals surface area (Å²) in [6.45, 7) is 3.44. The second-order valence-corrected chi connectivity index (χ2v) is 6.37.